The average molecular weight is 263 g/mol. The zero-order chi connectivity index (χ0) is 11.1. The van der Waals surface area contributed by atoms with E-state index in [4.69, 9.17) is 0 Å². The molecule has 0 aromatic heterocycles. The maximum Gasteiger partial charge on any atom is 0.194 e. The SMILES string of the molecule is Cl.O=C1c2ccccc2Cc2cccc(S)c21. The minimum absolute atomic E-state index is 0. The summed E-state index contributed by atoms with van der Waals surface area (Å²) >= 11 is 4.37. The Balaban J connectivity index is 0.00000108. The van der Waals surface area contributed by atoms with Gasteiger partial charge in [0.2, 0.25) is 0 Å². The van der Waals surface area contributed by atoms with E-state index in [9.17, 15) is 4.79 Å². The number of carbonyl (C=O) groups is 1. The van der Waals surface area contributed by atoms with Crippen molar-refractivity contribution in [2.75, 3.05) is 0 Å². The lowest BCUT2D eigenvalue weighted by atomic mass is 9.85. The van der Waals surface area contributed by atoms with Crippen molar-refractivity contribution in [3.05, 3.63) is 64.7 Å². The van der Waals surface area contributed by atoms with Gasteiger partial charge in [0.05, 0.1) is 0 Å². The van der Waals surface area contributed by atoms with Gasteiger partial charge in [0.25, 0.3) is 0 Å². The van der Waals surface area contributed by atoms with Gasteiger partial charge in [0, 0.05) is 16.0 Å². The summed E-state index contributed by atoms with van der Waals surface area (Å²) in [4.78, 5) is 13.1. The van der Waals surface area contributed by atoms with Gasteiger partial charge in [-0.05, 0) is 23.6 Å². The largest absolute Gasteiger partial charge is 0.289 e. The second-order valence-electron chi connectivity index (χ2n) is 3.97. The normalized spacial score (nSPS) is 12.4. The van der Waals surface area contributed by atoms with E-state index in [1.54, 1.807) is 0 Å². The summed E-state index contributed by atoms with van der Waals surface area (Å²) in [6.45, 7) is 0. The van der Waals surface area contributed by atoms with Crippen molar-refractivity contribution in [2.24, 2.45) is 0 Å². The molecule has 0 N–H and O–H groups in total. The van der Waals surface area contributed by atoms with Crippen molar-refractivity contribution >= 4 is 30.8 Å². The van der Waals surface area contributed by atoms with E-state index in [0.717, 1.165) is 33.6 Å². The van der Waals surface area contributed by atoms with Crippen LogP contribution in [0.15, 0.2) is 47.4 Å². The van der Waals surface area contributed by atoms with Crippen LogP contribution in [0.1, 0.15) is 27.0 Å². The van der Waals surface area contributed by atoms with Gasteiger partial charge >= 0.3 is 0 Å². The topological polar surface area (TPSA) is 17.1 Å². The summed E-state index contributed by atoms with van der Waals surface area (Å²) in [5.74, 6) is 0.0995. The predicted octanol–water partition coefficient (Wildman–Crippen LogP) is 3.53. The molecule has 0 bridgehead atoms. The molecule has 0 fully saturated rings. The average Bonchev–Trinajstić information content (AvgIpc) is 2.29. The van der Waals surface area contributed by atoms with E-state index in [1.807, 2.05) is 42.5 Å². The number of carbonyl (C=O) groups excluding carboxylic acids is 1. The Labute approximate surface area is 112 Å². The molecule has 3 heteroatoms. The standard InChI is InChI=1S/C14H10OS.ClH/c15-14-11-6-2-1-4-9(11)8-10-5-3-7-12(16)13(10)14;/h1-7,16H,8H2;1H. The lowest BCUT2D eigenvalue weighted by Gasteiger charge is -2.19. The predicted molar refractivity (Wildman–Crippen MR) is 73.6 cm³/mol. The fourth-order valence-corrected chi connectivity index (χ4v) is 2.56. The van der Waals surface area contributed by atoms with Crippen molar-refractivity contribution in [3.63, 3.8) is 0 Å². The number of hydrogen-bond donors (Lipinski definition) is 1. The van der Waals surface area contributed by atoms with Crippen LogP contribution in [0, 0.1) is 0 Å². The molecule has 1 nitrogen and oxygen atoms in total. The third-order valence-electron chi connectivity index (χ3n) is 3.00. The molecule has 0 amide bonds. The van der Waals surface area contributed by atoms with Gasteiger partial charge in [-0.3, -0.25) is 4.79 Å². The van der Waals surface area contributed by atoms with Gasteiger partial charge in [-0.15, -0.1) is 25.0 Å². The summed E-state index contributed by atoms with van der Waals surface area (Å²) in [5, 5.41) is 0. The number of rotatable bonds is 0. The van der Waals surface area contributed by atoms with Crippen molar-refractivity contribution in [1.82, 2.24) is 0 Å². The molecule has 0 atom stereocenters. The Morgan fingerprint density at radius 2 is 1.65 bits per heavy atom. The zero-order valence-electron chi connectivity index (χ0n) is 9.01. The molecule has 0 heterocycles. The summed E-state index contributed by atoms with van der Waals surface area (Å²) in [6, 6.07) is 13.6. The highest BCUT2D eigenvalue weighted by Gasteiger charge is 2.24. The Hall–Kier alpha value is -1.25. The minimum atomic E-state index is 0. The molecule has 0 saturated heterocycles. The summed E-state index contributed by atoms with van der Waals surface area (Å²) in [5.41, 5.74) is 3.77. The molecule has 0 spiro atoms. The summed E-state index contributed by atoms with van der Waals surface area (Å²) in [7, 11) is 0. The van der Waals surface area contributed by atoms with Crippen LogP contribution in [0.4, 0.5) is 0 Å². The number of halogens is 1. The second-order valence-corrected chi connectivity index (χ2v) is 4.46. The molecular formula is C14H11ClOS. The molecule has 0 radical (unpaired) electrons. The highest BCUT2D eigenvalue weighted by molar-refractivity contribution is 7.80. The Kier molecular flexibility index (Phi) is 3.27. The molecular weight excluding hydrogens is 252 g/mol. The van der Waals surface area contributed by atoms with Crippen LogP contribution < -0.4 is 0 Å². The highest BCUT2D eigenvalue weighted by atomic mass is 35.5. The summed E-state index contributed by atoms with van der Waals surface area (Å²) < 4.78 is 0. The van der Waals surface area contributed by atoms with Crippen molar-refractivity contribution in [3.8, 4) is 0 Å². The van der Waals surface area contributed by atoms with Crippen molar-refractivity contribution in [1.29, 1.82) is 0 Å². The van der Waals surface area contributed by atoms with E-state index in [1.165, 1.54) is 0 Å². The first-order valence-electron chi connectivity index (χ1n) is 5.21. The van der Waals surface area contributed by atoms with Crippen LogP contribution >= 0.6 is 25.0 Å². The van der Waals surface area contributed by atoms with Gasteiger partial charge in [-0.1, -0.05) is 36.4 Å². The quantitative estimate of drug-likeness (QED) is 0.614. The van der Waals surface area contributed by atoms with Gasteiger partial charge in [-0.2, -0.15) is 0 Å². The fraction of sp³-hybridized carbons (Fsp3) is 0.0714. The fourth-order valence-electron chi connectivity index (χ4n) is 2.23. The molecule has 3 rings (SSSR count). The highest BCUT2D eigenvalue weighted by Crippen LogP contribution is 2.30. The van der Waals surface area contributed by atoms with E-state index < -0.39 is 0 Å². The van der Waals surface area contributed by atoms with E-state index in [0.29, 0.717) is 0 Å². The molecule has 1 aliphatic rings. The van der Waals surface area contributed by atoms with Crippen LogP contribution in [0.25, 0.3) is 0 Å². The van der Waals surface area contributed by atoms with Gasteiger partial charge < -0.3 is 0 Å². The van der Waals surface area contributed by atoms with E-state index >= 15 is 0 Å². The molecule has 0 aliphatic heterocycles. The Morgan fingerprint density at radius 1 is 0.941 bits per heavy atom. The monoisotopic (exact) mass is 262 g/mol. The van der Waals surface area contributed by atoms with Gasteiger partial charge in [0.1, 0.15) is 0 Å². The molecule has 2 aromatic rings. The molecule has 86 valence electrons. The maximum atomic E-state index is 12.3. The lowest BCUT2D eigenvalue weighted by molar-refractivity contribution is 0.103. The first-order valence-corrected chi connectivity index (χ1v) is 5.65. The van der Waals surface area contributed by atoms with Crippen molar-refractivity contribution in [2.45, 2.75) is 11.3 Å². The molecule has 0 saturated carbocycles. The van der Waals surface area contributed by atoms with Crippen LogP contribution in [0.3, 0.4) is 0 Å². The summed E-state index contributed by atoms with van der Waals surface area (Å²) in [6.07, 6.45) is 0.825. The molecule has 2 aromatic carbocycles. The lowest BCUT2D eigenvalue weighted by Crippen LogP contribution is -2.15. The van der Waals surface area contributed by atoms with E-state index in [2.05, 4.69) is 12.6 Å². The van der Waals surface area contributed by atoms with Crippen LogP contribution in [-0.2, 0) is 6.42 Å². The number of thiol groups is 1. The third-order valence-corrected chi connectivity index (χ3v) is 3.37. The number of benzene rings is 2. The maximum absolute atomic E-state index is 12.3. The van der Waals surface area contributed by atoms with Crippen molar-refractivity contribution < 1.29 is 4.79 Å². The number of fused-ring (bicyclic) bond motifs is 2. The Morgan fingerprint density at radius 3 is 2.47 bits per heavy atom. The molecule has 17 heavy (non-hydrogen) atoms. The smallest absolute Gasteiger partial charge is 0.194 e. The first-order chi connectivity index (χ1) is 7.77. The second kappa shape index (κ2) is 4.55. The number of hydrogen-bond acceptors (Lipinski definition) is 2. The zero-order valence-corrected chi connectivity index (χ0v) is 10.7. The van der Waals surface area contributed by atoms with Gasteiger partial charge in [0.15, 0.2) is 5.78 Å². The number of ketones is 1. The van der Waals surface area contributed by atoms with E-state index in [-0.39, 0.29) is 18.2 Å². The molecule has 1 aliphatic carbocycles. The molecule has 0 unspecified atom stereocenters. The minimum Gasteiger partial charge on any atom is -0.289 e. The first kappa shape index (κ1) is 12.2. The van der Waals surface area contributed by atoms with Crippen LogP contribution in [0.5, 0.6) is 0 Å². The third kappa shape index (κ3) is 1.88. The van der Waals surface area contributed by atoms with Crippen LogP contribution in [0.2, 0.25) is 0 Å². The van der Waals surface area contributed by atoms with Crippen LogP contribution in [-0.4, -0.2) is 5.78 Å². The van der Waals surface area contributed by atoms with Gasteiger partial charge in [-0.25, -0.2) is 0 Å². The Bertz CT molecular complexity index is 593.